The molecule has 1 unspecified atom stereocenters. The van der Waals surface area contributed by atoms with Gasteiger partial charge in [-0.2, -0.15) is 11.8 Å². The Balaban J connectivity index is 2.23. The van der Waals surface area contributed by atoms with Crippen molar-refractivity contribution in [3.63, 3.8) is 0 Å². The molecule has 1 saturated heterocycles. The Hall–Kier alpha value is -1.76. The van der Waals surface area contributed by atoms with Crippen molar-refractivity contribution in [1.29, 1.82) is 0 Å². The zero-order valence-corrected chi connectivity index (χ0v) is 12.0. The molecule has 1 amide bonds. The quantitative estimate of drug-likeness (QED) is 0.643. The second kappa shape index (κ2) is 6.60. The highest BCUT2D eigenvalue weighted by molar-refractivity contribution is 7.99. The Morgan fingerprint density at radius 2 is 2.35 bits per heavy atom. The monoisotopic (exact) mass is 295 g/mol. The lowest BCUT2D eigenvalue weighted by molar-refractivity contribution is -0.385. The molecule has 6 nitrogen and oxygen atoms in total. The van der Waals surface area contributed by atoms with Gasteiger partial charge in [0.15, 0.2) is 0 Å². The van der Waals surface area contributed by atoms with Gasteiger partial charge in [-0.05, 0) is 31.2 Å². The Morgan fingerprint density at radius 3 is 2.95 bits per heavy atom. The minimum atomic E-state index is -0.520. The highest BCUT2D eigenvalue weighted by atomic mass is 32.2. The number of hydrogen-bond donors (Lipinski definition) is 2. The third-order valence-corrected chi connectivity index (χ3v) is 4.25. The molecule has 0 spiro atoms. The van der Waals surface area contributed by atoms with Gasteiger partial charge in [-0.15, -0.1) is 0 Å². The third kappa shape index (κ3) is 3.41. The van der Waals surface area contributed by atoms with E-state index in [1.165, 1.54) is 6.07 Å². The van der Waals surface area contributed by atoms with Crippen molar-refractivity contribution in [2.75, 3.05) is 23.4 Å². The van der Waals surface area contributed by atoms with Crippen LogP contribution in [0.1, 0.15) is 23.7 Å². The van der Waals surface area contributed by atoms with Crippen molar-refractivity contribution < 1.29 is 9.72 Å². The van der Waals surface area contributed by atoms with Crippen LogP contribution in [-0.4, -0.2) is 34.9 Å². The standard InChI is InChI=1S/C13H17N3O3S/c1-2-14-9-3-4-12(16(18)19)11(7-9)13(17)15-10-5-6-20-8-10/h3-4,7,10,14H,2,5-6,8H2,1H3,(H,15,17). The average Bonchev–Trinajstić information content (AvgIpc) is 2.91. The van der Waals surface area contributed by atoms with Gasteiger partial charge >= 0.3 is 0 Å². The van der Waals surface area contributed by atoms with E-state index in [0.29, 0.717) is 12.2 Å². The molecule has 1 fully saturated rings. The zero-order valence-electron chi connectivity index (χ0n) is 11.2. The van der Waals surface area contributed by atoms with Gasteiger partial charge in [-0.1, -0.05) is 0 Å². The molecule has 1 aliphatic rings. The summed E-state index contributed by atoms with van der Waals surface area (Å²) in [5, 5.41) is 17.0. The summed E-state index contributed by atoms with van der Waals surface area (Å²) in [5.74, 6) is 1.51. The number of nitro groups is 1. The van der Waals surface area contributed by atoms with E-state index in [1.54, 1.807) is 23.9 Å². The third-order valence-electron chi connectivity index (χ3n) is 3.08. The molecule has 2 N–H and O–H groups in total. The number of carbonyl (C=O) groups excluding carboxylic acids is 1. The van der Waals surface area contributed by atoms with E-state index in [2.05, 4.69) is 10.6 Å². The lowest BCUT2D eigenvalue weighted by Gasteiger charge is -2.12. The highest BCUT2D eigenvalue weighted by Crippen LogP contribution is 2.24. The molecule has 0 aromatic heterocycles. The van der Waals surface area contributed by atoms with Crippen LogP contribution >= 0.6 is 11.8 Å². The lowest BCUT2D eigenvalue weighted by atomic mass is 10.1. The van der Waals surface area contributed by atoms with Crippen molar-refractivity contribution in [1.82, 2.24) is 5.32 Å². The maximum absolute atomic E-state index is 12.2. The molecule has 1 aliphatic heterocycles. The van der Waals surface area contributed by atoms with Gasteiger partial charge in [0.25, 0.3) is 11.6 Å². The van der Waals surface area contributed by atoms with E-state index in [0.717, 1.165) is 17.9 Å². The number of carbonyl (C=O) groups is 1. The van der Waals surface area contributed by atoms with Crippen molar-refractivity contribution in [2.24, 2.45) is 0 Å². The zero-order chi connectivity index (χ0) is 14.5. The summed E-state index contributed by atoms with van der Waals surface area (Å²) in [5.41, 5.74) is 0.671. The van der Waals surface area contributed by atoms with Crippen LogP contribution in [0.15, 0.2) is 18.2 Å². The number of nitro benzene ring substituents is 1. The van der Waals surface area contributed by atoms with Gasteiger partial charge in [0.05, 0.1) is 4.92 Å². The van der Waals surface area contributed by atoms with E-state index in [4.69, 9.17) is 0 Å². The molecule has 2 rings (SSSR count). The molecule has 1 heterocycles. The number of benzene rings is 1. The molecule has 1 atom stereocenters. The van der Waals surface area contributed by atoms with Crippen LogP contribution in [0, 0.1) is 10.1 Å². The van der Waals surface area contributed by atoms with E-state index in [9.17, 15) is 14.9 Å². The smallest absolute Gasteiger partial charge is 0.282 e. The lowest BCUT2D eigenvalue weighted by Crippen LogP contribution is -2.35. The molecule has 0 aliphatic carbocycles. The van der Waals surface area contributed by atoms with Crippen LogP contribution in [0.3, 0.4) is 0 Å². The summed E-state index contributed by atoms with van der Waals surface area (Å²) in [4.78, 5) is 22.7. The van der Waals surface area contributed by atoms with Gasteiger partial charge in [0.1, 0.15) is 5.56 Å². The predicted molar refractivity (Wildman–Crippen MR) is 80.5 cm³/mol. The molecule has 1 aromatic carbocycles. The predicted octanol–water partition coefficient (Wildman–Crippen LogP) is 2.26. The van der Waals surface area contributed by atoms with Crippen molar-refractivity contribution in [3.05, 3.63) is 33.9 Å². The SMILES string of the molecule is CCNc1ccc([N+](=O)[O-])c(C(=O)NC2CCSC2)c1. The Labute approximate surface area is 121 Å². The normalized spacial score (nSPS) is 17.8. The fourth-order valence-electron chi connectivity index (χ4n) is 2.10. The minimum absolute atomic E-state index is 0.106. The van der Waals surface area contributed by atoms with Crippen LogP contribution < -0.4 is 10.6 Å². The number of rotatable bonds is 5. The maximum atomic E-state index is 12.2. The largest absolute Gasteiger partial charge is 0.385 e. The van der Waals surface area contributed by atoms with E-state index < -0.39 is 4.92 Å². The Morgan fingerprint density at radius 1 is 1.55 bits per heavy atom. The van der Waals surface area contributed by atoms with Gasteiger partial charge < -0.3 is 10.6 Å². The molecule has 108 valence electrons. The van der Waals surface area contributed by atoms with Gasteiger partial charge in [-0.3, -0.25) is 14.9 Å². The number of nitrogens with zero attached hydrogens (tertiary/aromatic N) is 1. The summed E-state index contributed by atoms with van der Waals surface area (Å²) in [6, 6.07) is 4.63. The Kier molecular flexibility index (Phi) is 4.84. The molecular weight excluding hydrogens is 278 g/mol. The van der Waals surface area contributed by atoms with Crippen LogP contribution in [0.5, 0.6) is 0 Å². The van der Waals surface area contributed by atoms with Crippen molar-refractivity contribution in [3.8, 4) is 0 Å². The molecule has 0 saturated carbocycles. The number of thioether (sulfide) groups is 1. The van der Waals surface area contributed by atoms with Crippen LogP contribution in [0.4, 0.5) is 11.4 Å². The van der Waals surface area contributed by atoms with Crippen molar-refractivity contribution >= 4 is 29.0 Å². The van der Waals surface area contributed by atoms with Crippen LogP contribution in [0.25, 0.3) is 0 Å². The average molecular weight is 295 g/mol. The summed E-state index contributed by atoms with van der Waals surface area (Å²) in [7, 11) is 0. The molecule has 1 aromatic rings. The molecule has 0 bridgehead atoms. The second-order valence-electron chi connectivity index (χ2n) is 4.55. The Bertz CT molecular complexity index is 516. The van der Waals surface area contributed by atoms with Crippen LogP contribution in [-0.2, 0) is 0 Å². The first kappa shape index (κ1) is 14.6. The topological polar surface area (TPSA) is 84.3 Å². The number of hydrogen-bond acceptors (Lipinski definition) is 5. The minimum Gasteiger partial charge on any atom is -0.385 e. The number of nitrogens with one attached hydrogen (secondary N) is 2. The second-order valence-corrected chi connectivity index (χ2v) is 5.70. The summed E-state index contributed by atoms with van der Waals surface area (Å²) >= 11 is 1.78. The fourth-order valence-corrected chi connectivity index (χ4v) is 3.26. The van der Waals surface area contributed by atoms with Gasteiger partial charge in [-0.25, -0.2) is 0 Å². The van der Waals surface area contributed by atoms with Gasteiger partial charge in [0, 0.05) is 30.1 Å². The molecular formula is C13H17N3O3S. The van der Waals surface area contributed by atoms with Crippen molar-refractivity contribution in [2.45, 2.75) is 19.4 Å². The number of anilines is 1. The molecule has 7 heteroatoms. The van der Waals surface area contributed by atoms with Crippen LogP contribution in [0.2, 0.25) is 0 Å². The highest BCUT2D eigenvalue weighted by Gasteiger charge is 2.24. The maximum Gasteiger partial charge on any atom is 0.282 e. The number of amides is 1. The summed E-state index contributed by atoms with van der Waals surface area (Å²) in [6.07, 6.45) is 0.914. The molecule has 20 heavy (non-hydrogen) atoms. The van der Waals surface area contributed by atoms with E-state index >= 15 is 0 Å². The summed E-state index contributed by atoms with van der Waals surface area (Å²) < 4.78 is 0. The summed E-state index contributed by atoms with van der Waals surface area (Å²) in [6.45, 7) is 2.62. The van der Waals surface area contributed by atoms with Gasteiger partial charge in [0.2, 0.25) is 0 Å². The van der Waals surface area contributed by atoms with E-state index in [-0.39, 0.29) is 23.2 Å². The molecule has 0 radical (unpaired) electrons. The first-order valence-electron chi connectivity index (χ1n) is 6.52. The van der Waals surface area contributed by atoms with E-state index in [1.807, 2.05) is 6.92 Å². The first-order chi connectivity index (χ1) is 9.61. The fraction of sp³-hybridized carbons (Fsp3) is 0.462. The first-order valence-corrected chi connectivity index (χ1v) is 7.68.